The van der Waals surface area contributed by atoms with Crippen LogP contribution in [0.1, 0.15) is 24.1 Å². The summed E-state index contributed by atoms with van der Waals surface area (Å²) in [6, 6.07) is 8.84. The lowest BCUT2D eigenvalue weighted by Crippen LogP contribution is -2.39. The SMILES string of the molecule is COCCN(C)C(=O)O[C@@H](CC/C=C/C(=O)N(C)C)C(=O)Nc1cccn(Cc2cc3cc(F)cc(OCc4ccc(F)cc4F)c3n2C(=O)O)c1=O. The van der Waals surface area contributed by atoms with Crippen LogP contribution >= 0.6 is 0 Å². The van der Waals surface area contributed by atoms with Crippen LogP contribution in [0.2, 0.25) is 0 Å². The number of rotatable bonds is 15. The highest BCUT2D eigenvalue weighted by Gasteiger charge is 2.26. The Morgan fingerprint density at radius 3 is 2.45 bits per heavy atom. The second kappa shape index (κ2) is 17.9. The monoisotopic (exact) mass is 741 g/mol. The van der Waals surface area contributed by atoms with Crippen LogP contribution in [0.4, 0.5) is 28.4 Å². The number of likely N-dealkylation sites (N-methyl/N-ethyl adjacent to an activating group) is 2. The lowest BCUT2D eigenvalue weighted by atomic mass is 10.1. The van der Waals surface area contributed by atoms with E-state index in [1.165, 1.54) is 60.5 Å². The molecule has 0 spiro atoms. The number of hydrogen-bond acceptors (Lipinski definition) is 8. The molecular weight excluding hydrogens is 703 g/mol. The average Bonchev–Trinajstić information content (AvgIpc) is 3.47. The number of benzene rings is 2. The number of hydrogen-bond donors (Lipinski definition) is 2. The van der Waals surface area contributed by atoms with Crippen LogP contribution in [-0.2, 0) is 32.2 Å². The van der Waals surface area contributed by atoms with Crippen molar-refractivity contribution in [3.8, 4) is 5.75 Å². The van der Waals surface area contributed by atoms with Gasteiger partial charge in [-0.15, -0.1) is 0 Å². The fraction of sp³-hybridized carbons (Fsp3) is 0.306. The first-order valence-electron chi connectivity index (χ1n) is 16.1. The van der Waals surface area contributed by atoms with Gasteiger partial charge in [-0.25, -0.2) is 27.3 Å². The molecule has 0 aliphatic heterocycles. The molecule has 2 aromatic heterocycles. The van der Waals surface area contributed by atoms with Crippen LogP contribution in [0.25, 0.3) is 10.9 Å². The Bertz CT molecular complexity index is 2080. The van der Waals surface area contributed by atoms with Crippen molar-refractivity contribution < 1.29 is 51.7 Å². The summed E-state index contributed by atoms with van der Waals surface area (Å²) in [5.74, 6) is -3.89. The zero-order valence-electron chi connectivity index (χ0n) is 29.3. The second-order valence-electron chi connectivity index (χ2n) is 12.0. The highest BCUT2D eigenvalue weighted by Crippen LogP contribution is 2.32. The Morgan fingerprint density at radius 2 is 1.77 bits per heavy atom. The number of fused-ring (bicyclic) bond motifs is 1. The Morgan fingerprint density at radius 1 is 1.02 bits per heavy atom. The predicted molar refractivity (Wildman–Crippen MR) is 186 cm³/mol. The summed E-state index contributed by atoms with van der Waals surface area (Å²) in [5, 5.41) is 12.8. The Balaban J connectivity index is 1.60. The molecule has 2 aromatic carbocycles. The summed E-state index contributed by atoms with van der Waals surface area (Å²) in [4.78, 5) is 66.7. The molecule has 0 unspecified atom stereocenters. The molecule has 17 heteroatoms. The number of aromatic nitrogens is 2. The highest BCUT2D eigenvalue weighted by atomic mass is 19.1. The van der Waals surface area contributed by atoms with Gasteiger partial charge in [0.1, 0.15) is 41.0 Å². The lowest BCUT2D eigenvalue weighted by Gasteiger charge is -2.22. The third kappa shape index (κ3) is 10.2. The number of methoxy groups -OCH3 is 1. The summed E-state index contributed by atoms with van der Waals surface area (Å²) in [6.07, 6.45) is 0.576. The first-order valence-corrected chi connectivity index (χ1v) is 16.1. The number of nitrogens with one attached hydrogen (secondary N) is 1. The van der Waals surface area contributed by atoms with E-state index in [1.54, 1.807) is 14.1 Å². The molecule has 0 fully saturated rings. The molecule has 2 N–H and O–H groups in total. The number of anilines is 1. The van der Waals surface area contributed by atoms with Crippen LogP contribution in [0, 0.1) is 17.5 Å². The molecule has 4 aromatic rings. The maximum atomic E-state index is 14.7. The Labute approximate surface area is 301 Å². The second-order valence-corrected chi connectivity index (χ2v) is 12.0. The minimum atomic E-state index is -1.50. The van der Waals surface area contributed by atoms with Gasteiger partial charge in [-0.1, -0.05) is 6.08 Å². The van der Waals surface area contributed by atoms with Gasteiger partial charge in [-0.2, -0.15) is 0 Å². The van der Waals surface area contributed by atoms with E-state index in [0.29, 0.717) is 6.07 Å². The Hall–Kier alpha value is -6.10. The van der Waals surface area contributed by atoms with Gasteiger partial charge in [0.15, 0.2) is 6.10 Å². The zero-order chi connectivity index (χ0) is 38.8. The summed E-state index contributed by atoms with van der Waals surface area (Å²) < 4.78 is 60.2. The van der Waals surface area contributed by atoms with Gasteiger partial charge in [-0.3, -0.25) is 14.4 Å². The number of pyridine rings is 1. The fourth-order valence-corrected chi connectivity index (χ4v) is 5.07. The highest BCUT2D eigenvalue weighted by molar-refractivity contribution is 5.96. The number of amides is 3. The number of allylic oxidation sites excluding steroid dienone is 1. The quantitative estimate of drug-likeness (QED) is 0.163. The molecule has 0 saturated carbocycles. The van der Waals surface area contributed by atoms with Crippen molar-refractivity contribution in [2.75, 3.05) is 46.7 Å². The van der Waals surface area contributed by atoms with E-state index in [0.717, 1.165) is 33.4 Å². The van der Waals surface area contributed by atoms with Gasteiger partial charge in [0, 0.05) is 64.1 Å². The molecule has 0 bridgehead atoms. The third-order valence-corrected chi connectivity index (χ3v) is 7.88. The van der Waals surface area contributed by atoms with Gasteiger partial charge < -0.3 is 39.0 Å². The minimum absolute atomic E-state index is 0.00597. The Kier molecular flexibility index (Phi) is 13.4. The maximum Gasteiger partial charge on any atom is 0.416 e. The van der Waals surface area contributed by atoms with Crippen LogP contribution in [0.15, 0.2) is 71.7 Å². The summed E-state index contributed by atoms with van der Waals surface area (Å²) >= 11 is 0. The van der Waals surface area contributed by atoms with Crippen molar-refractivity contribution in [1.82, 2.24) is 18.9 Å². The van der Waals surface area contributed by atoms with E-state index < -0.39 is 53.8 Å². The van der Waals surface area contributed by atoms with Gasteiger partial charge in [0.2, 0.25) is 5.91 Å². The molecule has 0 saturated heterocycles. The number of carbonyl (C=O) groups excluding carboxylic acids is 3. The van der Waals surface area contributed by atoms with Crippen molar-refractivity contribution in [1.29, 1.82) is 0 Å². The molecule has 0 aliphatic rings. The molecule has 53 heavy (non-hydrogen) atoms. The van der Waals surface area contributed by atoms with Crippen molar-refractivity contribution >= 4 is 40.6 Å². The molecule has 1 atom stereocenters. The molecular formula is C36H38F3N5O9. The zero-order valence-corrected chi connectivity index (χ0v) is 29.3. The van der Waals surface area contributed by atoms with E-state index >= 15 is 0 Å². The fourth-order valence-electron chi connectivity index (χ4n) is 5.07. The van der Waals surface area contributed by atoms with Crippen LogP contribution in [-0.4, -0.2) is 95.5 Å². The number of halogens is 3. The molecule has 3 amide bonds. The van der Waals surface area contributed by atoms with Crippen LogP contribution < -0.4 is 15.6 Å². The normalized spacial score (nSPS) is 11.8. The van der Waals surface area contributed by atoms with E-state index in [9.17, 15) is 42.3 Å². The van der Waals surface area contributed by atoms with Gasteiger partial charge in [0.25, 0.3) is 11.5 Å². The molecule has 14 nitrogen and oxygen atoms in total. The summed E-state index contributed by atoms with van der Waals surface area (Å²) in [6.45, 7) is -0.466. The van der Waals surface area contributed by atoms with Crippen molar-refractivity contribution in [2.45, 2.75) is 32.1 Å². The van der Waals surface area contributed by atoms with E-state index in [4.69, 9.17) is 14.2 Å². The molecule has 4 rings (SSSR count). The van der Waals surface area contributed by atoms with Crippen LogP contribution in [0.3, 0.4) is 0 Å². The molecule has 0 radical (unpaired) electrons. The van der Waals surface area contributed by atoms with Crippen molar-refractivity contribution in [3.05, 3.63) is 106 Å². The minimum Gasteiger partial charge on any atom is -0.486 e. The topological polar surface area (TPSA) is 162 Å². The number of carboxylic acid groups (broad SMARTS) is 1. The van der Waals surface area contributed by atoms with Gasteiger partial charge in [0.05, 0.1) is 18.8 Å². The van der Waals surface area contributed by atoms with E-state index in [-0.39, 0.29) is 72.0 Å². The first-order chi connectivity index (χ1) is 25.2. The molecule has 0 aliphatic carbocycles. The summed E-state index contributed by atoms with van der Waals surface area (Å²) in [5.41, 5.74) is -1.12. The van der Waals surface area contributed by atoms with Crippen molar-refractivity contribution in [2.24, 2.45) is 0 Å². The van der Waals surface area contributed by atoms with Gasteiger partial charge >= 0.3 is 12.2 Å². The van der Waals surface area contributed by atoms with E-state index in [1.807, 2.05) is 0 Å². The number of carbonyl (C=O) groups is 4. The average molecular weight is 742 g/mol. The standard InChI is InChI=1S/C36H38F3N5O9/c1-41(2)31(45)10-6-5-9-29(53-36(50)42(3)14-15-51-4)33(46)40-28-8-7-13-43(34(28)47)20-26-17-23-16-25(38)19-30(32(23)44(26)35(48)49)52-21-22-11-12-24(37)18-27(22)39/h6-8,10-13,16-19,29H,5,9,14-15,20-21H2,1-4H3,(H,40,46)(H,48,49)/b10-6+/t29-/m0/s1. The maximum absolute atomic E-state index is 14.7. The largest absolute Gasteiger partial charge is 0.486 e. The van der Waals surface area contributed by atoms with Crippen LogP contribution in [0.5, 0.6) is 5.75 Å². The first kappa shape index (κ1) is 39.7. The molecule has 282 valence electrons. The van der Waals surface area contributed by atoms with E-state index in [2.05, 4.69) is 5.32 Å². The third-order valence-electron chi connectivity index (χ3n) is 7.88. The number of nitrogens with zero attached hydrogens (tertiary/aromatic N) is 4. The molecule has 2 heterocycles. The smallest absolute Gasteiger partial charge is 0.416 e. The van der Waals surface area contributed by atoms with Gasteiger partial charge in [-0.05, 0) is 55.3 Å². The van der Waals surface area contributed by atoms with Crippen molar-refractivity contribution in [3.63, 3.8) is 0 Å². The number of ether oxygens (including phenoxy) is 3. The lowest BCUT2D eigenvalue weighted by molar-refractivity contribution is -0.125. The predicted octanol–water partition coefficient (Wildman–Crippen LogP) is 4.82. The summed E-state index contributed by atoms with van der Waals surface area (Å²) in [7, 11) is 6.05.